The number of aliphatic hydroxyl groups excluding tert-OH is 1. The van der Waals surface area contributed by atoms with E-state index in [9.17, 15) is 43.5 Å². The first kappa shape index (κ1) is 53.8. The highest BCUT2D eigenvalue weighted by Crippen LogP contribution is 2.31. The molecule has 0 saturated carbocycles. The van der Waals surface area contributed by atoms with Crippen molar-refractivity contribution in [1.82, 2.24) is 70.1 Å². The van der Waals surface area contributed by atoms with Crippen molar-refractivity contribution in [2.45, 2.75) is 127 Å². The third kappa shape index (κ3) is 12.1. The average Bonchev–Trinajstić information content (AvgIpc) is 4.14. The molecule has 8 heterocycles. The number of hydrogen-bond donors (Lipinski definition) is 12. The van der Waals surface area contributed by atoms with E-state index in [0.717, 1.165) is 0 Å². The molecule has 4 fully saturated rings. The van der Waals surface area contributed by atoms with Gasteiger partial charge in [-0.3, -0.25) is 57.4 Å². The molecule has 74 heavy (non-hydrogen) atoms. The second-order valence-corrected chi connectivity index (χ2v) is 19.8. The summed E-state index contributed by atoms with van der Waals surface area (Å²) in [5.74, 6) is 0. The van der Waals surface area contributed by atoms with Crippen LogP contribution in [0.4, 0.5) is 0 Å². The van der Waals surface area contributed by atoms with E-state index in [1.165, 1.54) is 43.1 Å². The Labute approximate surface area is 433 Å². The Kier molecular flexibility index (Phi) is 16.4. The van der Waals surface area contributed by atoms with Crippen molar-refractivity contribution in [2.75, 3.05) is 26.2 Å². The minimum Gasteiger partial charge on any atom is -0.390 e. The standard InChI is InChI=1S/C43H57N15O13S3/c1-17-13-55(40(64)51-33(17)60)29-5-21(25(9-44)68-29)48-37(72)45-10-26-22(6-30(69-26)56-14-18(2)34(61)52-41(56)65)49-38(73)46-11-27-23(7-31(70-27)57-15-19(3)35(62)53-42(57)66)50-39(74)47-12-28-24(59)8-32(71-28)58-16-20(4)36(63)54-43(58)67/h13-16,21-32,59H,5-12,44H2,1-4H3,(H2,45,48,72)(H2,46,49,73)(H2,47,50,74)(H,51,60,64)(H,52,61,65)(H,53,62,66)(H,54,63,67)/p+1/t21-,22-,23-,24-,25+,26+,27+,28+,29+,30+,31+,32+/m0/s1. The van der Waals surface area contributed by atoms with Gasteiger partial charge in [-0.2, -0.15) is 0 Å². The van der Waals surface area contributed by atoms with Crippen molar-refractivity contribution in [3.8, 4) is 0 Å². The summed E-state index contributed by atoms with van der Waals surface area (Å²) >= 11 is 17.2. The van der Waals surface area contributed by atoms with Gasteiger partial charge in [0.2, 0.25) is 0 Å². The van der Waals surface area contributed by atoms with Crippen LogP contribution in [0.3, 0.4) is 0 Å². The number of aryl methyl sites for hydroxylation is 4. The van der Waals surface area contributed by atoms with Gasteiger partial charge in [-0.25, -0.2) is 19.2 Å². The lowest BCUT2D eigenvalue weighted by Gasteiger charge is -2.26. The minimum absolute atomic E-state index is 0.0335. The lowest BCUT2D eigenvalue weighted by Crippen LogP contribution is -2.60. The quantitative estimate of drug-likeness (QED) is 0.0525. The summed E-state index contributed by atoms with van der Waals surface area (Å²) in [4.78, 5) is 109. The third-order valence-corrected chi connectivity index (χ3v) is 14.1. The van der Waals surface area contributed by atoms with Crippen LogP contribution in [-0.4, -0.2) is 133 Å². The molecule has 4 aliphatic heterocycles. The van der Waals surface area contributed by atoms with Gasteiger partial charge in [-0.1, -0.05) is 0 Å². The molecule has 0 aromatic carbocycles. The molecule has 0 unspecified atom stereocenters. The number of thiocarbonyl (C=S) groups is 3. The van der Waals surface area contributed by atoms with Crippen LogP contribution in [0.25, 0.3) is 0 Å². The number of hydrogen-bond acceptors (Lipinski definition) is 16. The van der Waals surface area contributed by atoms with E-state index in [4.69, 9.17) is 55.6 Å². The van der Waals surface area contributed by atoms with Crippen LogP contribution in [0, 0.1) is 27.7 Å². The number of aromatic nitrogens is 8. The number of nitrogens with one attached hydrogen (secondary N) is 10. The zero-order chi connectivity index (χ0) is 53.3. The van der Waals surface area contributed by atoms with Gasteiger partial charge in [0.25, 0.3) is 22.2 Å². The molecule has 8 rings (SSSR count). The summed E-state index contributed by atoms with van der Waals surface area (Å²) < 4.78 is 30.1. The number of ether oxygens (including phenoxy) is 4. The molecular weight excluding hydrogens is 1030 g/mol. The largest absolute Gasteiger partial charge is 0.390 e. The van der Waals surface area contributed by atoms with Crippen LogP contribution in [0.5, 0.6) is 0 Å². The molecule has 0 aliphatic carbocycles. The van der Waals surface area contributed by atoms with Gasteiger partial charge < -0.3 is 61.7 Å². The molecule has 14 N–H and O–H groups in total. The van der Waals surface area contributed by atoms with Crippen LogP contribution in [0.2, 0.25) is 0 Å². The highest BCUT2D eigenvalue weighted by molar-refractivity contribution is 7.80. The Morgan fingerprint density at radius 3 is 1.09 bits per heavy atom. The molecule has 4 aromatic rings. The molecule has 4 saturated heterocycles. The minimum atomic E-state index is -0.985. The summed E-state index contributed by atoms with van der Waals surface area (Å²) in [5.41, 5.74) is 0.477. The first-order chi connectivity index (χ1) is 35.1. The van der Waals surface area contributed by atoms with Gasteiger partial charge in [0, 0.05) is 92.4 Å². The Balaban J connectivity index is 0.921. The number of aliphatic hydroxyl groups is 1. The fraction of sp³-hybridized carbons (Fsp3) is 0.558. The van der Waals surface area contributed by atoms with E-state index in [1.54, 1.807) is 27.7 Å². The molecule has 0 amide bonds. The van der Waals surface area contributed by atoms with Gasteiger partial charge in [0.1, 0.15) is 43.7 Å². The van der Waals surface area contributed by atoms with Crippen LogP contribution >= 0.6 is 36.7 Å². The van der Waals surface area contributed by atoms with Crippen LogP contribution in [0.15, 0.2) is 63.1 Å². The fourth-order valence-electron chi connectivity index (χ4n) is 9.31. The van der Waals surface area contributed by atoms with Crippen molar-refractivity contribution in [2.24, 2.45) is 0 Å². The summed E-state index contributed by atoms with van der Waals surface area (Å²) in [6.45, 7) is 6.80. The van der Waals surface area contributed by atoms with E-state index in [-0.39, 0.29) is 65.8 Å². The van der Waals surface area contributed by atoms with Gasteiger partial charge >= 0.3 is 22.8 Å². The van der Waals surface area contributed by atoms with Crippen molar-refractivity contribution in [3.63, 3.8) is 0 Å². The first-order valence-electron chi connectivity index (χ1n) is 23.7. The van der Waals surface area contributed by atoms with Crippen LogP contribution < -0.4 is 82.6 Å². The summed E-state index contributed by atoms with van der Waals surface area (Å²) in [7, 11) is 0. The summed E-state index contributed by atoms with van der Waals surface area (Å²) in [6.07, 6.45) is -0.413. The average molecular weight is 1090 g/mol. The zero-order valence-corrected chi connectivity index (χ0v) is 42.9. The molecular formula is C43H58N15O13S3+. The molecule has 0 radical (unpaired) electrons. The molecule has 0 spiro atoms. The van der Waals surface area contributed by atoms with E-state index in [0.29, 0.717) is 29.7 Å². The van der Waals surface area contributed by atoms with Crippen molar-refractivity contribution >= 4 is 52.0 Å². The molecule has 400 valence electrons. The zero-order valence-electron chi connectivity index (χ0n) is 40.5. The Morgan fingerprint density at radius 2 is 0.770 bits per heavy atom. The van der Waals surface area contributed by atoms with Crippen molar-refractivity contribution < 1.29 is 29.8 Å². The maximum atomic E-state index is 13.0. The Hall–Kier alpha value is -6.45. The van der Waals surface area contributed by atoms with E-state index in [2.05, 4.69) is 57.6 Å². The molecule has 0 bridgehead atoms. The van der Waals surface area contributed by atoms with Crippen molar-refractivity contribution in [1.29, 1.82) is 0 Å². The topological polar surface area (TPSA) is 376 Å². The lowest BCUT2D eigenvalue weighted by atomic mass is 10.1. The second-order valence-electron chi connectivity index (χ2n) is 18.6. The van der Waals surface area contributed by atoms with E-state index in [1.807, 2.05) is 0 Å². The smallest absolute Gasteiger partial charge is 0.330 e. The summed E-state index contributed by atoms with van der Waals surface area (Å²) in [5, 5.41) is 30.6. The first-order valence-corrected chi connectivity index (χ1v) is 24.9. The predicted molar refractivity (Wildman–Crippen MR) is 275 cm³/mol. The number of quaternary nitrogens is 1. The Bertz CT molecular complexity index is 3290. The highest BCUT2D eigenvalue weighted by atomic mass is 32.1. The van der Waals surface area contributed by atoms with Gasteiger partial charge in [0.15, 0.2) is 15.3 Å². The lowest BCUT2D eigenvalue weighted by molar-refractivity contribution is -0.386. The third-order valence-electron chi connectivity index (χ3n) is 13.4. The predicted octanol–water partition coefficient (Wildman–Crippen LogP) is -5.33. The van der Waals surface area contributed by atoms with Crippen LogP contribution in [-0.2, 0) is 18.9 Å². The summed E-state index contributed by atoms with van der Waals surface area (Å²) in [6, 6.07) is -1.49. The van der Waals surface area contributed by atoms with E-state index < -0.39 is 113 Å². The highest BCUT2D eigenvalue weighted by Gasteiger charge is 2.42. The monoisotopic (exact) mass is 1090 g/mol. The second kappa shape index (κ2) is 22.6. The van der Waals surface area contributed by atoms with E-state index >= 15 is 0 Å². The number of H-pyrrole nitrogens is 4. The molecule has 31 heteroatoms. The molecule has 12 atom stereocenters. The van der Waals surface area contributed by atoms with Gasteiger partial charge in [-0.05, 0) is 64.3 Å². The normalized spacial score (nSPS) is 27.4. The van der Waals surface area contributed by atoms with Crippen molar-refractivity contribution in [3.05, 3.63) is 130 Å². The van der Waals surface area contributed by atoms with Crippen LogP contribution in [0.1, 0.15) is 72.8 Å². The molecule has 4 aromatic heterocycles. The number of rotatable bonds is 14. The molecule has 4 aliphatic rings. The molecule has 28 nitrogen and oxygen atoms in total. The van der Waals surface area contributed by atoms with Gasteiger partial charge in [-0.15, -0.1) is 0 Å². The Morgan fingerprint density at radius 1 is 0.500 bits per heavy atom. The maximum absolute atomic E-state index is 13.0. The fourth-order valence-corrected chi connectivity index (χ4v) is 10.0. The maximum Gasteiger partial charge on any atom is 0.330 e. The number of nitrogens with zero attached hydrogens (tertiary/aromatic N) is 4. The number of aromatic amines is 4. The SMILES string of the molecule is Cc1cn([C@H]2C[C@H](NC(=S)NC[C@H]3O[C@@H](n4cc(C)c(=O)[nH]c4=O)C[C@@H]3NC(=S)NC[C@H]3O[C@@H](n4cc(C)c(=O)[nH]c4=O)C[C@@H]3NC(=S)NC[C@H]3O[C@@H](n4cc(C)c(=O)[nH]c4=O)C[C@@H]3O)[C@@H](C[NH3+])O2)c(=O)[nH]c1=O. The van der Waals surface area contributed by atoms with Gasteiger partial charge in [0.05, 0.1) is 36.4 Å².